The lowest BCUT2D eigenvalue weighted by molar-refractivity contribution is 0.0660. The molecular formula is C15H24N2O3. The van der Waals surface area contributed by atoms with E-state index in [-0.39, 0.29) is 16.8 Å². The van der Waals surface area contributed by atoms with Crippen LogP contribution in [0.3, 0.4) is 0 Å². The Bertz CT molecular complexity index is 475. The molecule has 0 radical (unpaired) electrons. The molecule has 0 aromatic carbocycles. The van der Waals surface area contributed by atoms with Crippen LogP contribution in [0.4, 0.5) is 0 Å². The first kappa shape index (κ1) is 15.1. The van der Waals surface area contributed by atoms with Gasteiger partial charge in [0.2, 0.25) is 5.76 Å². The van der Waals surface area contributed by atoms with Gasteiger partial charge in [-0.1, -0.05) is 0 Å². The van der Waals surface area contributed by atoms with Crippen LogP contribution in [-0.2, 0) is 6.54 Å². The Labute approximate surface area is 119 Å². The molecule has 1 aliphatic heterocycles. The Hall–Kier alpha value is -1.33. The van der Waals surface area contributed by atoms with E-state index in [0.717, 1.165) is 12.8 Å². The third-order valence-corrected chi connectivity index (χ3v) is 3.63. The van der Waals surface area contributed by atoms with Crippen molar-refractivity contribution in [3.05, 3.63) is 23.7 Å². The molecule has 1 aromatic heterocycles. The summed E-state index contributed by atoms with van der Waals surface area (Å²) in [6, 6.07) is 3.60. The van der Waals surface area contributed by atoms with E-state index in [4.69, 9.17) is 9.52 Å². The third-order valence-electron chi connectivity index (χ3n) is 3.63. The van der Waals surface area contributed by atoms with Crippen molar-refractivity contribution in [2.24, 2.45) is 0 Å². The molecule has 3 N–H and O–H groups in total. The summed E-state index contributed by atoms with van der Waals surface area (Å²) in [4.78, 5) is 10.8. The Morgan fingerprint density at radius 2 is 1.95 bits per heavy atom. The van der Waals surface area contributed by atoms with E-state index in [1.807, 2.05) is 0 Å². The Morgan fingerprint density at radius 3 is 2.45 bits per heavy atom. The molecule has 1 aliphatic rings. The summed E-state index contributed by atoms with van der Waals surface area (Å²) in [6.45, 7) is 9.39. The van der Waals surface area contributed by atoms with Crippen LogP contribution in [0.5, 0.6) is 0 Å². The first-order chi connectivity index (χ1) is 9.17. The predicted octanol–water partition coefficient (Wildman–Crippen LogP) is 2.38. The number of carboxylic acids is 1. The number of piperidine rings is 1. The maximum absolute atomic E-state index is 10.8. The smallest absolute Gasteiger partial charge is 0.371 e. The van der Waals surface area contributed by atoms with Gasteiger partial charge in [-0.3, -0.25) is 0 Å². The van der Waals surface area contributed by atoms with Crippen LogP contribution in [0, 0.1) is 0 Å². The molecule has 0 unspecified atom stereocenters. The van der Waals surface area contributed by atoms with Gasteiger partial charge in [0.25, 0.3) is 0 Å². The number of furan rings is 1. The van der Waals surface area contributed by atoms with Crippen molar-refractivity contribution in [2.75, 3.05) is 0 Å². The maximum Gasteiger partial charge on any atom is 0.371 e. The first-order valence-corrected chi connectivity index (χ1v) is 7.02. The summed E-state index contributed by atoms with van der Waals surface area (Å²) in [5, 5.41) is 15.9. The van der Waals surface area contributed by atoms with Crippen molar-refractivity contribution in [3.63, 3.8) is 0 Å². The first-order valence-electron chi connectivity index (χ1n) is 7.02. The van der Waals surface area contributed by atoms with E-state index in [2.05, 4.69) is 38.3 Å². The average molecular weight is 280 g/mol. The quantitative estimate of drug-likeness (QED) is 0.789. The van der Waals surface area contributed by atoms with Gasteiger partial charge in [0, 0.05) is 17.1 Å². The molecule has 1 saturated heterocycles. The highest BCUT2D eigenvalue weighted by molar-refractivity contribution is 5.84. The highest BCUT2D eigenvalue weighted by Crippen LogP contribution is 2.28. The predicted molar refractivity (Wildman–Crippen MR) is 76.8 cm³/mol. The van der Waals surface area contributed by atoms with Gasteiger partial charge in [-0.15, -0.1) is 0 Å². The second-order valence-electron chi connectivity index (χ2n) is 6.95. The van der Waals surface area contributed by atoms with Crippen LogP contribution in [0.25, 0.3) is 0 Å². The zero-order chi connectivity index (χ0) is 15.0. The number of hydrogen-bond acceptors (Lipinski definition) is 4. The van der Waals surface area contributed by atoms with Gasteiger partial charge in [-0.2, -0.15) is 0 Å². The average Bonchev–Trinajstić information content (AvgIpc) is 2.70. The van der Waals surface area contributed by atoms with Gasteiger partial charge in [-0.05, 0) is 52.7 Å². The van der Waals surface area contributed by atoms with Crippen molar-refractivity contribution in [1.29, 1.82) is 0 Å². The van der Waals surface area contributed by atoms with Crippen LogP contribution < -0.4 is 10.6 Å². The molecule has 0 spiro atoms. The number of nitrogens with one attached hydrogen (secondary N) is 2. The monoisotopic (exact) mass is 280 g/mol. The van der Waals surface area contributed by atoms with Crippen molar-refractivity contribution in [2.45, 2.75) is 64.2 Å². The fourth-order valence-electron chi connectivity index (χ4n) is 3.30. The van der Waals surface area contributed by atoms with E-state index in [9.17, 15) is 4.79 Å². The standard InChI is InChI=1S/C15H24N2O3/c1-14(2)7-10(8-15(3,4)17-14)16-9-11-5-6-12(20-11)13(18)19/h5-6,10,16-17H,7-9H2,1-4H3,(H,18,19). The minimum Gasteiger partial charge on any atom is -0.475 e. The molecule has 2 heterocycles. The van der Waals surface area contributed by atoms with Gasteiger partial charge in [0.05, 0.1) is 6.54 Å². The van der Waals surface area contributed by atoms with Gasteiger partial charge >= 0.3 is 5.97 Å². The molecule has 5 heteroatoms. The highest BCUT2D eigenvalue weighted by atomic mass is 16.4. The fourth-order valence-corrected chi connectivity index (χ4v) is 3.30. The molecule has 1 fully saturated rings. The molecule has 112 valence electrons. The van der Waals surface area contributed by atoms with Gasteiger partial charge in [-0.25, -0.2) is 4.79 Å². The lowest BCUT2D eigenvalue weighted by atomic mass is 9.79. The van der Waals surface area contributed by atoms with E-state index in [1.165, 1.54) is 6.07 Å². The van der Waals surface area contributed by atoms with E-state index < -0.39 is 5.97 Å². The number of carbonyl (C=O) groups is 1. The zero-order valence-corrected chi connectivity index (χ0v) is 12.6. The van der Waals surface area contributed by atoms with Crippen LogP contribution in [-0.4, -0.2) is 28.2 Å². The van der Waals surface area contributed by atoms with E-state index >= 15 is 0 Å². The van der Waals surface area contributed by atoms with Crippen molar-refractivity contribution < 1.29 is 14.3 Å². The van der Waals surface area contributed by atoms with Gasteiger partial charge in [0.1, 0.15) is 5.76 Å². The van der Waals surface area contributed by atoms with E-state index in [1.54, 1.807) is 6.07 Å². The minimum absolute atomic E-state index is 0.00669. The second kappa shape index (κ2) is 5.22. The molecular weight excluding hydrogens is 256 g/mol. The van der Waals surface area contributed by atoms with Crippen molar-refractivity contribution in [3.8, 4) is 0 Å². The molecule has 20 heavy (non-hydrogen) atoms. The SMILES string of the molecule is CC1(C)CC(NCc2ccc(C(=O)O)o2)CC(C)(C)N1. The van der Waals surface area contributed by atoms with Crippen LogP contribution in [0.1, 0.15) is 56.9 Å². The summed E-state index contributed by atoms with van der Waals surface area (Å²) in [7, 11) is 0. The van der Waals surface area contributed by atoms with Gasteiger partial charge in [0.15, 0.2) is 0 Å². The summed E-state index contributed by atoms with van der Waals surface area (Å²) >= 11 is 0. The van der Waals surface area contributed by atoms with Crippen LogP contribution in [0.2, 0.25) is 0 Å². The molecule has 5 nitrogen and oxygen atoms in total. The summed E-state index contributed by atoms with van der Waals surface area (Å²) in [5.74, 6) is -0.371. The fraction of sp³-hybridized carbons (Fsp3) is 0.667. The topological polar surface area (TPSA) is 74.5 Å². The largest absolute Gasteiger partial charge is 0.475 e. The molecule has 0 amide bonds. The lowest BCUT2D eigenvalue weighted by Crippen LogP contribution is -2.61. The minimum atomic E-state index is -1.03. The Kier molecular flexibility index (Phi) is 3.93. The molecule has 0 aliphatic carbocycles. The Morgan fingerprint density at radius 1 is 1.35 bits per heavy atom. The summed E-state index contributed by atoms with van der Waals surface area (Å²) in [5.41, 5.74) is 0.184. The normalized spacial score (nSPS) is 21.8. The molecule has 1 aromatic rings. The maximum atomic E-state index is 10.8. The number of carboxylic acid groups (broad SMARTS) is 1. The second-order valence-corrected chi connectivity index (χ2v) is 6.95. The zero-order valence-electron chi connectivity index (χ0n) is 12.6. The molecule has 2 rings (SSSR count). The summed E-state index contributed by atoms with van der Waals surface area (Å²) in [6.07, 6.45) is 2.06. The number of hydrogen-bond donors (Lipinski definition) is 3. The lowest BCUT2D eigenvalue weighted by Gasteiger charge is -2.46. The highest BCUT2D eigenvalue weighted by Gasteiger charge is 2.37. The molecule has 0 bridgehead atoms. The Balaban J connectivity index is 1.94. The summed E-state index contributed by atoms with van der Waals surface area (Å²) < 4.78 is 5.26. The molecule has 0 saturated carbocycles. The van der Waals surface area contributed by atoms with Crippen molar-refractivity contribution >= 4 is 5.97 Å². The third kappa shape index (κ3) is 3.84. The molecule has 0 atom stereocenters. The van der Waals surface area contributed by atoms with Crippen LogP contribution in [0.15, 0.2) is 16.5 Å². The van der Waals surface area contributed by atoms with E-state index in [0.29, 0.717) is 18.3 Å². The van der Waals surface area contributed by atoms with Crippen LogP contribution >= 0.6 is 0 Å². The van der Waals surface area contributed by atoms with Gasteiger partial charge < -0.3 is 20.2 Å². The number of rotatable bonds is 4. The number of aromatic carboxylic acids is 1. The van der Waals surface area contributed by atoms with Crippen molar-refractivity contribution in [1.82, 2.24) is 10.6 Å².